The first-order chi connectivity index (χ1) is 16.2. The van der Waals surface area contributed by atoms with Crippen LogP contribution >= 0.6 is 11.6 Å². The van der Waals surface area contributed by atoms with E-state index >= 15 is 0 Å². The van der Waals surface area contributed by atoms with Crippen LogP contribution in [0, 0.1) is 5.82 Å². The average molecular weight is 500 g/mol. The second kappa shape index (κ2) is 9.48. The first kappa shape index (κ1) is 23.8. The number of para-hydroxylation sites is 1. The normalized spacial score (nSPS) is 11.5. The topological polar surface area (TPSA) is 71.4 Å². The van der Waals surface area contributed by atoms with Crippen LogP contribution in [0.2, 0.25) is 5.02 Å². The zero-order valence-corrected chi connectivity index (χ0v) is 20.2. The highest BCUT2D eigenvalue weighted by atomic mass is 35.5. The molecule has 0 fully saturated rings. The van der Waals surface area contributed by atoms with E-state index < -0.39 is 21.4 Å². The summed E-state index contributed by atoms with van der Waals surface area (Å²) >= 11 is 6.05. The van der Waals surface area contributed by atoms with E-state index in [2.05, 4.69) is 5.32 Å². The Morgan fingerprint density at radius 1 is 1.03 bits per heavy atom. The Balaban J connectivity index is 1.62. The zero-order chi connectivity index (χ0) is 24.5. The quantitative estimate of drug-likeness (QED) is 0.383. The molecule has 0 unspecified atom stereocenters. The van der Waals surface area contributed by atoms with Crippen LogP contribution in [-0.4, -0.2) is 33.0 Å². The molecule has 0 aliphatic heterocycles. The Labute approximate surface area is 202 Å². The van der Waals surface area contributed by atoms with Crippen molar-refractivity contribution in [2.75, 3.05) is 24.3 Å². The van der Waals surface area contributed by atoms with E-state index in [9.17, 15) is 17.6 Å². The van der Waals surface area contributed by atoms with Crippen molar-refractivity contribution in [1.29, 1.82) is 0 Å². The summed E-state index contributed by atoms with van der Waals surface area (Å²) in [5.41, 5.74) is 2.13. The highest BCUT2D eigenvalue weighted by Gasteiger charge is 2.25. The van der Waals surface area contributed by atoms with Crippen molar-refractivity contribution in [3.8, 4) is 0 Å². The van der Waals surface area contributed by atoms with E-state index in [0.717, 1.165) is 5.69 Å². The number of nitrogens with zero attached hydrogens (tertiary/aromatic N) is 2. The lowest BCUT2D eigenvalue weighted by Gasteiger charge is -2.13. The Morgan fingerprint density at radius 3 is 2.41 bits per heavy atom. The average Bonchev–Trinajstić information content (AvgIpc) is 3.16. The van der Waals surface area contributed by atoms with Crippen molar-refractivity contribution >= 4 is 49.6 Å². The number of amides is 1. The summed E-state index contributed by atoms with van der Waals surface area (Å²) in [7, 11) is -0.0992. The van der Waals surface area contributed by atoms with Crippen LogP contribution in [0.4, 0.5) is 15.8 Å². The second-order valence-corrected chi connectivity index (χ2v) is 10.5. The van der Waals surface area contributed by atoms with E-state index in [4.69, 9.17) is 11.6 Å². The molecule has 4 rings (SSSR count). The third-order valence-corrected chi connectivity index (χ3v) is 7.48. The number of rotatable bonds is 7. The highest BCUT2D eigenvalue weighted by molar-refractivity contribution is 7.90. The molecule has 0 bridgehead atoms. The fraction of sp³-hybridized carbons (Fsp3) is 0.160. The van der Waals surface area contributed by atoms with Crippen LogP contribution in [0.25, 0.3) is 10.9 Å². The number of carbonyl (C=O) groups is 1. The number of hydrogen-bond acceptors (Lipinski definition) is 4. The van der Waals surface area contributed by atoms with Crippen molar-refractivity contribution in [1.82, 2.24) is 4.57 Å². The standard InChI is InChI=1S/C25H23ClFN3O3S/c1-29(2)18-12-10-17(11-13-18)28-25(31)15-30-14-24(19-6-3-4-9-23(19)30)34(32,33)16-20-21(26)7-5-8-22(20)27/h3-14H,15-16H2,1-2H3,(H,28,31). The Bertz CT molecular complexity index is 1440. The number of nitrogens with one attached hydrogen (secondary N) is 1. The minimum Gasteiger partial charge on any atom is -0.378 e. The van der Waals surface area contributed by atoms with Gasteiger partial charge in [-0.3, -0.25) is 4.79 Å². The largest absolute Gasteiger partial charge is 0.378 e. The molecule has 0 aliphatic rings. The van der Waals surface area contributed by atoms with Gasteiger partial charge in [-0.05, 0) is 42.5 Å². The van der Waals surface area contributed by atoms with Gasteiger partial charge in [0.15, 0.2) is 9.84 Å². The van der Waals surface area contributed by atoms with Gasteiger partial charge < -0.3 is 14.8 Å². The molecule has 6 nitrogen and oxygen atoms in total. The first-order valence-electron chi connectivity index (χ1n) is 10.5. The van der Waals surface area contributed by atoms with E-state index in [1.165, 1.54) is 24.4 Å². The van der Waals surface area contributed by atoms with Crippen LogP contribution in [0.5, 0.6) is 0 Å². The first-order valence-corrected chi connectivity index (χ1v) is 12.5. The van der Waals surface area contributed by atoms with E-state index in [0.29, 0.717) is 16.6 Å². The van der Waals surface area contributed by atoms with Gasteiger partial charge in [0, 0.05) is 53.2 Å². The number of sulfone groups is 1. The molecular formula is C25H23ClFN3O3S. The molecule has 0 saturated heterocycles. The molecule has 0 aliphatic carbocycles. The second-order valence-electron chi connectivity index (χ2n) is 8.09. The van der Waals surface area contributed by atoms with Gasteiger partial charge in [0.2, 0.25) is 5.91 Å². The molecule has 1 heterocycles. The minimum atomic E-state index is -3.95. The molecule has 4 aromatic rings. The van der Waals surface area contributed by atoms with Crippen molar-refractivity contribution in [2.24, 2.45) is 0 Å². The number of carbonyl (C=O) groups excluding carboxylic acids is 1. The summed E-state index contributed by atoms with van der Waals surface area (Å²) in [6.07, 6.45) is 1.42. The lowest BCUT2D eigenvalue weighted by molar-refractivity contribution is -0.116. The van der Waals surface area contributed by atoms with Crippen molar-refractivity contribution in [3.05, 3.63) is 89.3 Å². The number of hydrogen-bond donors (Lipinski definition) is 1. The fourth-order valence-electron chi connectivity index (χ4n) is 3.73. The predicted molar refractivity (Wildman–Crippen MR) is 134 cm³/mol. The number of aromatic nitrogens is 1. The molecule has 1 aromatic heterocycles. The molecule has 1 N–H and O–H groups in total. The molecule has 0 radical (unpaired) electrons. The molecule has 1 amide bonds. The summed E-state index contributed by atoms with van der Waals surface area (Å²) in [4.78, 5) is 14.7. The van der Waals surface area contributed by atoms with Gasteiger partial charge in [0.1, 0.15) is 12.4 Å². The number of anilines is 2. The van der Waals surface area contributed by atoms with Gasteiger partial charge in [-0.15, -0.1) is 0 Å². The Kier molecular flexibility index (Phi) is 6.63. The van der Waals surface area contributed by atoms with E-state index in [-0.39, 0.29) is 27.9 Å². The molecule has 176 valence electrons. The molecule has 34 heavy (non-hydrogen) atoms. The van der Waals surface area contributed by atoms with Gasteiger partial charge >= 0.3 is 0 Å². The van der Waals surface area contributed by atoms with Crippen LogP contribution in [0.1, 0.15) is 5.56 Å². The van der Waals surface area contributed by atoms with E-state index in [1.54, 1.807) is 41.0 Å². The number of halogens is 2. The summed E-state index contributed by atoms with van der Waals surface area (Å²) in [6, 6.07) is 18.3. The molecule has 0 spiro atoms. The van der Waals surface area contributed by atoms with Gasteiger partial charge in [0.05, 0.1) is 10.6 Å². The monoisotopic (exact) mass is 499 g/mol. The molecule has 9 heteroatoms. The summed E-state index contributed by atoms with van der Waals surface area (Å²) in [5.74, 6) is -1.57. The third kappa shape index (κ3) is 4.93. The summed E-state index contributed by atoms with van der Waals surface area (Å²) in [6.45, 7) is -0.0913. The predicted octanol–water partition coefficient (Wildman–Crippen LogP) is 5.11. The number of benzene rings is 3. The smallest absolute Gasteiger partial charge is 0.244 e. The Hall–Kier alpha value is -3.36. The zero-order valence-electron chi connectivity index (χ0n) is 18.6. The minimum absolute atomic E-state index is 0.0190. The third-order valence-electron chi connectivity index (χ3n) is 5.46. The maximum atomic E-state index is 14.3. The molecule has 3 aromatic carbocycles. The van der Waals surface area contributed by atoms with Gasteiger partial charge in [-0.1, -0.05) is 35.9 Å². The molecule has 0 saturated carbocycles. The SMILES string of the molecule is CN(C)c1ccc(NC(=O)Cn2cc(S(=O)(=O)Cc3c(F)cccc3Cl)c3ccccc32)cc1. The van der Waals surface area contributed by atoms with Gasteiger partial charge in [-0.25, -0.2) is 12.8 Å². The van der Waals surface area contributed by atoms with Crippen LogP contribution in [0.15, 0.2) is 77.8 Å². The highest BCUT2D eigenvalue weighted by Crippen LogP contribution is 2.30. The van der Waals surface area contributed by atoms with Crippen molar-refractivity contribution in [3.63, 3.8) is 0 Å². The van der Waals surface area contributed by atoms with Crippen molar-refractivity contribution in [2.45, 2.75) is 17.2 Å². The number of fused-ring (bicyclic) bond motifs is 1. The maximum absolute atomic E-state index is 14.3. The van der Waals surface area contributed by atoms with Crippen molar-refractivity contribution < 1.29 is 17.6 Å². The van der Waals surface area contributed by atoms with Crippen LogP contribution < -0.4 is 10.2 Å². The molecular weight excluding hydrogens is 477 g/mol. The lowest BCUT2D eigenvalue weighted by Crippen LogP contribution is -2.18. The fourth-order valence-corrected chi connectivity index (χ4v) is 5.66. The van der Waals surface area contributed by atoms with Gasteiger partial charge in [-0.2, -0.15) is 0 Å². The summed E-state index contributed by atoms with van der Waals surface area (Å²) in [5, 5.41) is 3.33. The Morgan fingerprint density at radius 2 is 1.74 bits per heavy atom. The maximum Gasteiger partial charge on any atom is 0.244 e. The molecule has 0 atom stereocenters. The van der Waals surface area contributed by atoms with E-state index in [1.807, 2.05) is 31.1 Å². The summed E-state index contributed by atoms with van der Waals surface area (Å²) < 4.78 is 42.3. The van der Waals surface area contributed by atoms with Crippen LogP contribution in [-0.2, 0) is 26.9 Å². The lowest BCUT2D eigenvalue weighted by atomic mass is 10.2. The van der Waals surface area contributed by atoms with Crippen LogP contribution in [0.3, 0.4) is 0 Å². The van der Waals surface area contributed by atoms with Gasteiger partial charge in [0.25, 0.3) is 0 Å².